The molecule has 0 aliphatic carbocycles. The van der Waals surface area contributed by atoms with Gasteiger partial charge in [-0.1, -0.05) is 60.7 Å². The summed E-state index contributed by atoms with van der Waals surface area (Å²) < 4.78 is 11.3. The Morgan fingerprint density at radius 3 is 2.06 bits per heavy atom. The average Bonchev–Trinajstić information content (AvgIpc) is 2.89. The molecule has 176 valence electrons. The first kappa shape index (κ1) is 23.6. The number of hydrogen-bond donors (Lipinski definition) is 2. The van der Waals surface area contributed by atoms with Crippen LogP contribution >= 0.6 is 0 Å². The fraction of sp³-hybridized carbons (Fsp3) is 0.103. The zero-order valence-corrected chi connectivity index (χ0v) is 19.1. The van der Waals surface area contributed by atoms with E-state index in [1.54, 1.807) is 54.6 Å². The van der Waals surface area contributed by atoms with Crippen LogP contribution in [0.5, 0.6) is 11.5 Å². The summed E-state index contributed by atoms with van der Waals surface area (Å²) in [5.41, 5.74) is 2.79. The van der Waals surface area contributed by atoms with Crippen molar-refractivity contribution in [3.05, 3.63) is 120 Å². The number of amides is 2. The first-order valence-electron chi connectivity index (χ1n) is 11.3. The lowest BCUT2D eigenvalue weighted by Crippen LogP contribution is -2.20. The molecule has 4 rings (SSSR count). The van der Waals surface area contributed by atoms with Crippen molar-refractivity contribution in [2.75, 3.05) is 23.8 Å². The predicted molar refractivity (Wildman–Crippen MR) is 137 cm³/mol. The lowest BCUT2D eigenvalue weighted by atomic mass is 10.1. The first-order valence-corrected chi connectivity index (χ1v) is 11.3. The molecule has 0 aromatic heterocycles. The fourth-order valence-electron chi connectivity index (χ4n) is 3.40. The van der Waals surface area contributed by atoms with E-state index in [0.29, 0.717) is 35.0 Å². The average molecular weight is 467 g/mol. The predicted octanol–water partition coefficient (Wildman–Crippen LogP) is 5.58. The third kappa shape index (κ3) is 7.47. The summed E-state index contributed by atoms with van der Waals surface area (Å²) in [6, 6.07) is 33.2. The van der Waals surface area contributed by atoms with Gasteiger partial charge in [-0.25, -0.2) is 0 Å². The van der Waals surface area contributed by atoms with E-state index in [9.17, 15) is 9.59 Å². The van der Waals surface area contributed by atoms with E-state index in [2.05, 4.69) is 22.8 Å². The van der Waals surface area contributed by atoms with Crippen LogP contribution in [0.4, 0.5) is 11.4 Å². The van der Waals surface area contributed by atoms with Gasteiger partial charge in [0.05, 0.1) is 6.61 Å². The number of para-hydroxylation sites is 1. The van der Waals surface area contributed by atoms with Crippen LogP contribution in [0.25, 0.3) is 0 Å². The summed E-state index contributed by atoms with van der Waals surface area (Å²) in [7, 11) is 0. The number of carbonyl (C=O) groups excluding carboxylic acids is 2. The van der Waals surface area contributed by atoms with Gasteiger partial charge >= 0.3 is 0 Å². The Bertz CT molecular complexity index is 1260. The van der Waals surface area contributed by atoms with Gasteiger partial charge in [-0.15, -0.1) is 0 Å². The fourth-order valence-corrected chi connectivity index (χ4v) is 3.40. The van der Waals surface area contributed by atoms with E-state index in [4.69, 9.17) is 9.47 Å². The Morgan fingerprint density at radius 2 is 1.29 bits per heavy atom. The van der Waals surface area contributed by atoms with Crippen molar-refractivity contribution in [3.8, 4) is 11.5 Å². The molecule has 2 N–H and O–H groups in total. The molecule has 0 radical (unpaired) electrons. The van der Waals surface area contributed by atoms with E-state index in [0.717, 1.165) is 6.42 Å². The molecule has 0 spiro atoms. The molecule has 0 unspecified atom stereocenters. The SMILES string of the molecule is O=C(COc1ccccc1)Nc1cccc(NC(=O)c2cccc(OCCc3ccccc3)c2)c1. The summed E-state index contributed by atoms with van der Waals surface area (Å²) in [6.07, 6.45) is 0.784. The van der Waals surface area contributed by atoms with Crippen LogP contribution < -0.4 is 20.1 Å². The molecule has 0 aliphatic heterocycles. The monoisotopic (exact) mass is 466 g/mol. The molecule has 0 saturated heterocycles. The van der Waals surface area contributed by atoms with Crippen LogP contribution in [0.3, 0.4) is 0 Å². The number of anilines is 2. The zero-order valence-electron chi connectivity index (χ0n) is 19.1. The topological polar surface area (TPSA) is 76.7 Å². The molecular formula is C29H26N2O4. The molecule has 0 aliphatic rings. The Kier molecular flexibility index (Phi) is 8.11. The third-order valence-electron chi connectivity index (χ3n) is 5.12. The Balaban J connectivity index is 1.29. The Hall–Kier alpha value is -4.58. The third-order valence-corrected chi connectivity index (χ3v) is 5.12. The van der Waals surface area contributed by atoms with Gasteiger partial charge < -0.3 is 20.1 Å². The van der Waals surface area contributed by atoms with Gasteiger partial charge in [0.1, 0.15) is 11.5 Å². The molecule has 4 aromatic carbocycles. The van der Waals surface area contributed by atoms with E-state index in [1.807, 2.05) is 42.5 Å². The highest BCUT2D eigenvalue weighted by Gasteiger charge is 2.09. The number of nitrogens with one attached hydrogen (secondary N) is 2. The van der Waals surface area contributed by atoms with Crippen LogP contribution in [0, 0.1) is 0 Å². The smallest absolute Gasteiger partial charge is 0.262 e. The molecular weight excluding hydrogens is 440 g/mol. The van der Waals surface area contributed by atoms with Crippen molar-refractivity contribution >= 4 is 23.2 Å². The van der Waals surface area contributed by atoms with Gasteiger partial charge in [-0.2, -0.15) is 0 Å². The van der Waals surface area contributed by atoms with Crippen molar-refractivity contribution in [2.45, 2.75) is 6.42 Å². The number of hydrogen-bond acceptors (Lipinski definition) is 4. The second kappa shape index (κ2) is 12.0. The van der Waals surface area contributed by atoms with Crippen LogP contribution in [-0.4, -0.2) is 25.0 Å². The summed E-state index contributed by atoms with van der Waals surface area (Å²) in [5, 5.41) is 5.64. The summed E-state index contributed by atoms with van der Waals surface area (Å²) in [4.78, 5) is 25.0. The quantitative estimate of drug-likeness (QED) is 0.320. The van der Waals surface area contributed by atoms with Crippen LogP contribution in [0.2, 0.25) is 0 Å². The van der Waals surface area contributed by atoms with E-state index < -0.39 is 0 Å². The zero-order chi connectivity index (χ0) is 24.3. The second-order valence-electron chi connectivity index (χ2n) is 7.80. The molecule has 0 bridgehead atoms. The summed E-state index contributed by atoms with van der Waals surface area (Å²) in [5.74, 6) is 0.690. The number of benzene rings is 4. The largest absolute Gasteiger partial charge is 0.493 e. The van der Waals surface area contributed by atoms with Gasteiger partial charge in [0.25, 0.3) is 11.8 Å². The van der Waals surface area contributed by atoms with Crippen molar-refractivity contribution in [3.63, 3.8) is 0 Å². The molecule has 35 heavy (non-hydrogen) atoms. The Labute approximate surface area is 204 Å². The maximum Gasteiger partial charge on any atom is 0.262 e. The lowest BCUT2D eigenvalue weighted by molar-refractivity contribution is -0.118. The highest BCUT2D eigenvalue weighted by Crippen LogP contribution is 2.19. The number of rotatable bonds is 10. The number of carbonyl (C=O) groups is 2. The standard InChI is InChI=1S/C29H26N2O4/c32-28(21-35-26-14-5-2-6-15-26)30-24-12-8-13-25(20-24)31-29(33)23-11-7-16-27(19-23)34-18-17-22-9-3-1-4-10-22/h1-16,19-20H,17-18,21H2,(H,30,32)(H,31,33). The maximum absolute atomic E-state index is 12.8. The molecule has 0 saturated carbocycles. The molecule has 2 amide bonds. The number of ether oxygens (including phenoxy) is 2. The molecule has 0 fully saturated rings. The highest BCUT2D eigenvalue weighted by atomic mass is 16.5. The molecule has 6 nitrogen and oxygen atoms in total. The molecule has 0 heterocycles. The first-order chi connectivity index (χ1) is 17.2. The van der Waals surface area contributed by atoms with Crippen molar-refractivity contribution in [2.24, 2.45) is 0 Å². The molecule has 6 heteroatoms. The minimum Gasteiger partial charge on any atom is -0.493 e. The van der Waals surface area contributed by atoms with E-state index in [1.165, 1.54) is 5.56 Å². The van der Waals surface area contributed by atoms with Gasteiger partial charge in [0, 0.05) is 23.4 Å². The van der Waals surface area contributed by atoms with Crippen LogP contribution in [-0.2, 0) is 11.2 Å². The van der Waals surface area contributed by atoms with E-state index >= 15 is 0 Å². The second-order valence-corrected chi connectivity index (χ2v) is 7.80. The summed E-state index contributed by atoms with van der Waals surface area (Å²) >= 11 is 0. The van der Waals surface area contributed by atoms with Crippen molar-refractivity contribution in [1.29, 1.82) is 0 Å². The van der Waals surface area contributed by atoms with Crippen LogP contribution in [0.1, 0.15) is 15.9 Å². The van der Waals surface area contributed by atoms with Gasteiger partial charge in [0.2, 0.25) is 0 Å². The van der Waals surface area contributed by atoms with Crippen molar-refractivity contribution < 1.29 is 19.1 Å². The van der Waals surface area contributed by atoms with Gasteiger partial charge in [-0.05, 0) is 54.1 Å². The summed E-state index contributed by atoms with van der Waals surface area (Å²) in [6.45, 7) is 0.405. The van der Waals surface area contributed by atoms with Crippen molar-refractivity contribution in [1.82, 2.24) is 0 Å². The van der Waals surface area contributed by atoms with E-state index in [-0.39, 0.29) is 18.4 Å². The molecule has 0 atom stereocenters. The highest BCUT2D eigenvalue weighted by molar-refractivity contribution is 6.05. The molecule has 4 aromatic rings. The lowest BCUT2D eigenvalue weighted by Gasteiger charge is -2.11. The van der Waals surface area contributed by atoms with Crippen LogP contribution in [0.15, 0.2) is 109 Å². The normalized spacial score (nSPS) is 10.3. The van der Waals surface area contributed by atoms with Gasteiger partial charge in [0.15, 0.2) is 6.61 Å². The van der Waals surface area contributed by atoms with Gasteiger partial charge in [-0.3, -0.25) is 9.59 Å². The minimum absolute atomic E-state index is 0.113. The maximum atomic E-state index is 12.8. The Morgan fingerprint density at radius 1 is 0.629 bits per heavy atom. The minimum atomic E-state index is -0.294.